The Bertz CT molecular complexity index is 1350. The second-order valence-corrected chi connectivity index (χ2v) is 11.2. The summed E-state index contributed by atoms with van der Waals surface area (Å²) in [5.74, 6) is 0.125. The molecule has 1 fully saturated rings. The number of amides is 1. The first-order valence-electron chi connectivity index (χ1n) is 13.2. The van der Waals surface area contributed by atoms with E-state index in [4.69, 9.17) is 4.74 Å². The number of hydrogen-bond donors (Lipinski definition) is 1. The van der Waals surface area contributed by atoms with E-state index in [9.17, 15) is 14.4 Å². The molecule has 1 amide bonds. The quantitative estimate of drug-likeness (QED) is 0.412. The number of carbonyl (C=O) groups is 2. The van der Waals surface area contributed by atoms with E-state index in [1.807, 2.05) is 32.9 Å². The van der Waals surface area contributed by atoms with Crippen molar-refractivity contribution in [1.29, 1.82) is 0 Å². The molecule has 2 heterocycles. The van der Waals surface area contributed by atoms with Gasteiger partial charge in [-0.2, -0.15) is 5.10 Å². The Morgan fingerprint density at radius 1 is 1.03 bits per heavy atom. The molecule has 3 aromatic rings. The normalized spacial score (nSPS) is 15.2. The van der Waals surface area contributed by atoms with Crippen LogP contribution >= 0.6 is 0 Å². The molecule has 38 heavy (non-hydrogen) atoms. The number of rotatable bonds is 6. The molecule has 1 N–H and O–H groups in total. The van der Waals surface area contributed by atoms with E-state index in [-0.39, 0.29) is 29.8 Å². The molecular formula is C31H37N3O4. The van der Waals surface area contributed by atoms with E-state index in [1.54, 1.807) is 11.8 Å². The minimum absolute atomic E-state index is 0.106. The Balaban J connectivity index is 1.52. The molecular weight excluding hydrogens is 478 g/mol. The lowest BCUT2D eigenvalue weighted by Crippen LogP contribution is -2.41. The summed E-state index contributed by atoms with van der Waals surface area (Å²) in [6.07, 6.45) is 1.77. The van der Waals surface area contributed by atoms with Crippen molar-refractivity contribution in [3.63, 3.8) is 0 Å². The third-order valence-electron chi connectivity index (χ3n) is 7.17. The number of piperidine rings is 1. The largest absolute Gasteiger partial charge is 0.444 e. The van der Waals surface area contributed by atoms with Crippen LogP contribution in [0.15, 0.2) is 59.4 Å². The molecule has 0 aliphatic carbocycles. The van der Waals surface area contributed by atoms with Crippen molar-refractivity contribution >= 4 is 11.9 Å². The SMILES string of the molecule is Cc1ccccc1[C@H](CC(=O)c1n[nH]c(=O)cc1C)c1ccc(C2CCN(C(=O)OC(C)(C)C)CC2)cc1. The number of aromatic amines is 1. The molecule has 1 aromatic heterocycles. The number of nitrogens with one attached hydrogen (secondary N) is 1. The maximum absolute atomic E-state index is 13.3. The van der Waals surface area contributed by atoms with Crippen LogP contribution in [0.4, 0.5) is 4.79 Å². The Kier molecular flexibility index (Phi) is 8.14. The summed E-state index contributed by atoms with van der Waals surface area (Å²) in [6, 6.07) is 18.1. The summed E-state index contributed by atoms with van der Waals surface area (Å²) in [6.45, 7) is 10.8. The Labute approximate surface area is 224 Å². The second-order valence-electron chi connectivity index (χ2n) is 11.2. The van der Waals surface area contributed by atoms with E-state index in [0.717, 1.165) is 29.5 Å². The molecule has 200 valence electrons. The first-order valence-corrected chi connectivity index (χ1v) is 13.2. The number of ketones is 1. The van der Waals surface area contributed by atoms with E-state index >= 15 is 0 Å². The zero-order chi connectivity index (χ0) is 27.4. The Morgan fingerprint density at radius 2 is 1.68 bits per heavy atom. The summed E-state index contributed by atoms with van der Waals surface area (Å²) in [5, 5.41) is 6.42. The van der Waals surface area contributed by atoms with E-state index in [2.05, 4.69) is 53.5 Å². The summed E-state index contributed by atoms with van der Waals surface area (Å²) in [5.41, 5.74) is 4.59. The van der Waals surface area contributed by atoms with Gasteiger partial charge in [0, 0.05) is 31.5 Å². The zero-order valence-corrected chi connectivity index (χ0v) is 22.9. The number of H-pyrrole nitrogens is 1. The minimum Gasteiger partial charge on any atom is -0.444 e. The lowest BCUT2D eigenvalue weighted by Gasteiger charge is -2.33. The lowest BCUT2D eigenvalue weighted by molar-refractivity contribution is 0.0204. The molecule has 1 saturated heterocycles. The average molecular weight is 516 g/mol. The highest BCUT2D eigenvalue weighted by atomic mass is 16.6. The van der Waals surface area contributed by atoms with Crippen LogP contribution in [0.3, 0.4) is 0 Å². The van der Waals surface area contributed by atoms with Gasteiger partial charge in [0.05, 0.1) is 0 Å². The predicted octanol–water partition coefficient (Wildman–Crippen LogP) is 5.91. The van der Waals surface area contributed by atoms with Crippen molar-refractivity contribution in [1.82, 2.24) is 15.1 Å². The van der Waals surface area contributed by atoms with Crippen molar-refractivity contribution in [2.75, 3.05) is 13.1 Å². The maximum Gasteiger partial charge on any atom is 0.410 e. The summed E-state index contributed by atoms with van der Waals surface area (Å²) in [4.78, 5) is 39.1. The van der Waals surface area contributed by atoms with Gasteiger partial charge in [-0.05, 0) is 81.2 Å². The highest BCUT2D eigenvalue weighted by Crippen LogP contribution is 2.34. The minimum atomic E-state index is -0.495. The maximum atomic E-state index is 13.3. The van der Waals surface area contributed by atoms with Gasteiger partial charge in [-0.1, -0.05) is 48.5 Å². The van der Waals surface area contributed by atoms with Gasteiger partial charge in [0.1, 0.15) is 11.3 Å². The molecule has 1 atom stereocenters. The third-order valence-corrected chi connectivity index (χ3v) is 7.17. The van der Waals surface area contributed by atoms with Crippen LogP contribution in [-0.2, 0) is 4.74 Å². The van der Waals surface area contributed by atoms with Crippen LogP contribution in [-0.4, -0.2) is 45.7 Å². The number of aryl methyl sites for hydroxylation is 2. The number of ether oxygens (including phenoxy) is 1. The highest BCUT2D eigenvalue weighted by Gasteiger charge is 2.28. The summed E-state index contributed by atoms with van der Waals surface area (Å²) >= 11 is 0. The van der Waals surface area contributed by atoms with Gasteiger partial charge < -0.3 is 9.64 Å². The molecule has 0 saturated carbocycles. The van der Waals surface area contributed by atoms with Gasteiger partial charge in [0.25, 0.3) is 5.56 Å². The molecule has 0 radical (unpaired) electrons. The van der Waals surface area contributed by atoms with Crippen LogP contribution in [0.1, 0.15) is 90.2 Å². The van der Waals surface area contributed by atoms with Gasteiger partial charge in [0.15, 0.2) is 5.78 Å². The highest BCUT2D eigenvalue weighted by molar-refractivity contribution is 5.96. The molecule has 1 aliphatic rings. The van der Waals surface area contributed by atoms with Gasteiger partial charge in [0.2, 0.25) is 0 Å². The topological polar surface area (TPSA) is 92.4 Å². The predicted molar refractivity (Wildman–Crippen MR) is 148 cm³/mol. The number of nitrogens with zero attached hydrogens (tertiary/aromatic N) is 2. The molecule has 2 aromatic carbocycles. The fourth-order valence-electron chi connectivity index (χ4n) is 5.17. The smallest absolute Gasteiger partial charge is 0.410 e. The first kappa shape index (κ1) is 27.3. The zero-order valence-electron chi connectivity index (χ0n) is 22.9. The van der Waals surface area contributed by atoms with Gasteiger partial charge >= 0.3 is 6.09 Å². The molecule has 4 rings (SSSR count). The van der Waals surface area contributed by atoms with E-state index in [1.165, 1.54) is 11.6 Å². The van der Waals surface area contributed by atoms with Crippen molar-refractivity contribution in [3.8, 4) is 0 Å². The van der Waals surface area contributed by atoms with E-state index < -0.39 is 5.60 Å². The van der Waals surface area contributed by atoms with Crippen LogP contribution < -0.4 is 5.56 Å². The van der Waals surface area contributed by atoms with E-state index in [0.29, 0.717) is 30.3 Å². The molecule has 1 aliphatic heterocycles. The monoisotopic (exact) mass is 515 g/mol. The number of carbonyl (C=O) groups excluding carboxylic acids is 2. The lowest BCUT2D eigenvalue weighted by atomic mass is 9.82. The summed E-state index contributed by atoms with van der Waals surface area (Å²) in [7, 11) is 0. The van der Waals surface area contributed by atoms with Gasteiger partial charge in [-0.25, -0.2) is 9.89 Å². The van der Waals surface area contributed by atoms with Crippen LogP contribution in [0.5, 0.6) is 0 Å². The number of hydrogen-bond acceptors (Lipinski definition) is 5. The molecule has 7 heteroatoms. The number of benzene rings is 2. The standard InChI is InChI=1S/C31H37N3O4/c1-20-8-6-7-9-25(20)26(19-27(35)29-21(2)18-28(36)32-33-29)24-12-10-22(11-13-24)23-14-16-34(17-15-23)30(37)38-31(3,4)5/h6-13,18,23,26H,14-17,19H2,1-5H3,(H,32,36)/t26-/m1/s1. The van der Waals surface area contributed by atoms with Crippen LogP contribution in [0, 0.1) is 13.8 Å². The number of likely N-dealkylation sites (tertiary alicyclic amines) is 1. The van der Waals surface area contributed by atoms with Crippen molar-refractivity contribution in [2.45, 2.75) is 71.3 Å². The number of aromatic nitrogens is 2. The summed E-state index contributed by atoms with van der Waals surface area (Å²) < 4.78 is 5.53. The molecule has 0 bridgehead atoms. The second kappa shape index (κ2) is 11.3. The van der Waals surface area contributed by atoms with Gasteiger partial charge in [-0.3, -0.25) is 9.59 Å². The van der Waals surface area contributed by atoms with Crippen LogP contribution in [0.25, 0.3) is 0 Å². The first-order chi connectivity index (χ1) is 18.0. The third kappa shape index (κ3) is 6.57. The average Bonchev–Trinajstić information content (AvgIpc) is 2.87. The molecule has 0 unspecified atom stereocenters. The van der Waals surface area contributed by atoms with Crippen molar-refractivity contribution < 1.29 is 14.3 Å². The Morgan fingerprint density at radius 3 is 2.29 bits per heavy atom. The van der Waals surface area contributed by atoms with Crippen LogP contribution in [0.2, 0.25) is 0 Å². The Hall–Kier alpha value is -3.74. The fourth-order valence-corrected chi connectivity index (χ4v) is 5.17. The molecule has 7 nitrogen and oxygen atoms in total. The number of Topliss-reactive ketones (excluding diaryl/α,β-unsaturated/α-hetero) is 1. The van der Waals surface area contributed by atoms with Gasteiger partial charge in [-0.15, -0.1) is 0 Å². The van der Waals surface area contributed by atoms with Crippen molar-refractivity contribution in [2.24, 2.45) is 0 Å². The fraction of sp³-hybridized carbons (Fsp3) is 0.419. The van der Waals surface area contributed by atoms with Crippen molar-refractivity contribution in [3.05, 3.63) is 98.5 Å². The molecule has 0 spiro atoms.